The summed E-state index contributed by atoms with van der Waals surface area (Å²) in [5, 5.41) is 0. The molecule has 5 heteroatoms. The summed E-state index contributed by atoms with van der Waals surface area (Å²) in [5.41, 5.74) is 0.636. The van der Waals surface area contributed by atoms with Crippen molar-refractivity contribution in [2.45, 2.75) is 25.8 Å². The first-order chi connectivity index (χ1) is 9.61. The molecular formula is C15H23N3O2. The van der Waals surface area contributed by atoms with Gasteiger partial charge in [0.2, 0.25) is 5.88 Å². The van der Waals surface area contributed by atoms with E-state index in [0.29, 0.717) is 24.1 Å². The van der Waals surface area contributed by atoms with E-state index < -0.39 is 0 Å². The molecular weight excluding hydrogens is 254 g/mol. The van der Waals surface area contributed by atoms with E-state index in [1.165, 1.54) is 0 Å². The summed E-state index contributed by atoms with van der Waals surface area (Å²) in [5.74, 6) is 0.633. The van der Waals surface area contributed by atoms with Crippen molar-refractivity contribution in [1.82, 2.24) is 14.8 Å². The lowest BCUT2D eigenvalue weighted by molar-refractivity contribution is 0.0663. The van der Waals surface area contributed by atoms with E-state index in [4.69, 9.17) is 4.74 Å². The van der Waals surface area contributed by atoms with E-state index in [2.05, 4.69) is 24.0 Å². The van der Waals surface area contributed by atoms with Gasteiger partial charge in [0, 0.05) is 31.4 Å². The summed E-state index contributed by atoms with van der Waals surface area (Å²) in [7, 11) is 4.19. The summed E-state index contributed by atoms with van der Waals surface area (Å²) in [6.07, 6.45) is 3.66. The van der Waals surface area contributed by atoms with Crippen LogP contribution in [0.4, 0.5) is 0 Å². The molecule has 0 bridgehead atoms. The van der Waals surface area contributed by atoms with Gasteiger partial charge in [-0.25, -0.2) is 4.98 Å². The van der Waals surface area contributed by atoms with Crippen molar-refractivity contribution >= 4 is 5.91 Å². The summed E-state index contributed by atoms with van der Waals surface area (Å²) in [6.45, 7) is 4.12. The van der Waals surface area contributed by atoms with E-state index in [-0.39, 0.29) is 5.91 Å². The van der Waals surface area contributed by atoms with Gasteiger partial charge in [0.25, 0.3) is 5.91 Å². The highest BCUT2D eigenvalue weighted by atomic mass is 16.5. The monoisotopic (exact) mass is 277 g/mol. The minimum absolute atomic E-state index is 0.0674. The number of likely N-dealkylation sites (tertiary alicyclic amines) is 1. The van der Waals surface area contributed by atoms with Crippen molar-refractivity contribution < 1.29 is 9.53 Å². The first-order valence-corrected chi connectivity index (χ1v) is 7.16. The molecule has 1 aromatic heterocycles. The number of nitrogens with zero attached hydrogens (tertiary/aromatic N) is 3. The molecule has 20 heavy (non-hydrogen) atoms. The molecule has 0 aliphatic carbocycles. The Morgan fingerprint density at radius 1 is 1.40 bits per heavy atom. The minimum atomic E-state index is 0.0674. The molecule has 1 fully saturated rings. The van der Waals surface area contributed by atoms with Gasteiger partial charge < -0.3 is 14.5 Å². The molecule has 5 nitrogen and oxygen atoms in total. The second-order valence-corrected chi connectivity index (χ2v) is 5.31. The van der Waals surface area contributed by atoms with Crippen LogP contribution in [0.5, 0.6) is 5.88 Å². The standard InChI is InChI=1S/C15H23N3O2/c1-4-20-14-6-5-12(11-16-14)15(19)18-9-7-13(8-10-18)17(2)3/h5-6,11,13H,4,7-10H2,1-3H3. The van der Waals surface area contributed by atoms with E-state index in [9.17, 15) is 4.79 Å². The van der Waals surface area contributed by atoms with Crippen LogP contribution in [0.25, 0.3) is 0 Å². The van der Waals surface area contributed by atoms with Crippen molar-refractivity contribution in [1.29, 1.82) is 0 Å². The first-order valence-electron chi connectivity index (χ1n) is 7.16. The van der Waals surface area contributed by atoms with Crippen LogP contribution in [0.3, 0.4) is 0 Å². The van der Waals surface area contributed by atoms with Gasteiger partial charge in [0.15, 0.2) is 0 Å². The number of hydrogen-bond acceptors (Lipinski definition) is 4. The van der Waals surface area contributed by atoms with E-state index >= 15 is 0 Å². The topological polar surface area (TPSA) is 45.7 Å². The van der Waals surface area contributed by atoms with Gasteiger partial charge in [-0.3, -0.25) is 4.79 Å². The summed E-state index contributed by atoms with van der Waals surface area (Å²) in [6, 6.07) is 4.12. The Labute approximate surface area is 120 Å². The molecule has 0 unspecified atom stereocenters. The molecule has 2 heterocycles. The number of piperidine rings is 1. The number of ether oxygens (including phenoxy) is 1. The first kappa shape index (κ1) is 14.8. The van der Waals surface area contributed by atoms with Gasteiger partial charge in [-0.1, -0.05) is 0 Å². The zero-order chi connectivity index (χ0) is 14.5. The van der Waals surface area contributed by atoms with E-state index in [0.717, 1.165) is 25.9 Å². The SMILES string of the molecule is CCOc1ccc(C(=O)N2CCC(N(C)C)CC2)cn1. The molecule has 0 aromatic carbocycles. The van der Waals surface area contributed by atoms with E-state index in [1.54, 1.807) is 18.3 Å². The fourth-order valence-corrected chi connectivity index (χ4v) is 2.51. The molecule has 1 aliphatic heterocycles. The average Bonchev–Trinajstić information content (AvgIpc) is 2.48. The second-order valence-electron chi connectivity index (χ2n) is 5.31. The van der Waals surface area contributed by atoms with Crippen molar-refractivity contribution in [2.75, 3.05) is 33.8 Å². The average molecular weight is 277 g/mol. The normalized spacial score (nSPS) is 16.5. The van der Waals surface area contributed by atoms with Gasteiger partial charge in [0.05, 0.1) is 12.2 Å². The third-order valence-corrected chi connectivity index (χ3v) is 3.76. The molecule has 2 rings (SSSR count). The molecule has 1 aliphatic rings. The number of amides is 1. The second kappa shape index (κ2) is 6.70. The third kappa shape index (κ3) is 3.48. The zero-order valence-electron chi connectivity index (χ0n) is 12.5. The highest BCUT2D eigenvalue weighted by Gasteiger charge is 2.24. The predicted octanol–water partition coefficient (Wildman–Crippen LogP) is 1.65. The lowest BCUT2D eigenvalue weighted by atomic mass is 10.0. The summed E-state index contributed by atoms with van der Waals surface area (Å²) >= 11 is 0. The van der Waals surface area contributed by atoms with Crippen LogP contribution in [0.1, 0.15) is 30.1 Å². The Hall–Kier alpha value is -1.62. The zero-order valence-corrected chi connectivity index (χ0v) is 12.5. The Morgan fingerprint density at radius 2 is 2.10 bits per heavy atom. The summed E-state index contributed by atoms with van der Waals surface area (Å²) < 4.78 is 5.28. The fourth-order valence-electron chi connectivity index (χ4n) is 2.51. The van der Waals surface area contributed by atoms with E-state index in [1.807, 2.05) is 11.8 Å². The molecule has 1 amide bonds. The molecule has 1 aromatic rings. The quantitative estimate of drug-likeness (QED) is 0.839. The van der Waals surface area contributed by atoms with Crippen molar-refractivity contribution in [3.63, 3.8) is 0 Å². The van der Waals surface area contributed by atoms with Crippen LogP contribution in [0, 0.1) is 0 Å². The summed E-state index contributed by atoms with van der Waals surface area (Å²) in [4.78, 5) is 20.7. The Kier molecular flexibility index (Phi) is 4.95. The van der Waals surface area contributed by atoms with Crippen LogP contribution in [0.15, 0.2) is 18.3 Å². The van der Waals surface area contributed by atoms with Gasteiger partial charge in [-0.05, 0) is 39.9 Å². The van der Waals surface area contributed by atoms with Crippen molar-refractivity contribution in [2.24, 2.45) is 0 Å². The van der Waals surface area contributed by atoms with Crippen molar-refractivity contribution in [3.8, 4) is 5.88 Å². The van der Waals surface area contributed by atoms with Gasteiger partial charge in [-0.2, -0.15) is 0 Å². The molecule has 110 valence electrons. The molecule has 0 radical (unpaired) electrons. The Morgan fingerprint density at radius 3 is 2.60 bits per heavy atom. The Balaban J connectivity index is 1.94. The van der Waals surface area contributed by atoms with Crippen LogP contribution in [-0.2, 0) is 0 Å². The molecule has 0 saturated carbocycles. The number of aromatic nitrogens is 1. The minimum Gasteiger partial charge on any atom is -0.478 e. The van der Waals surface area contributed by atoms with Crippen LogP contribution < -0.4 is 4.74 Å². The maximum atomic E-state index is 12.4. The van der Waals surface area contributed by atoms with Gasteiger partial charge in [0.1, 0.15) is 0 Å². The molecule has 1 saturated heterocycles. The maximum absolute atomic E-state index is 12.4. The number of pyridine rings is 1. The molecule has 0 atom stereocenters. The van der Waals surface area contributed by atoms with Gasteiger partial charge in [-0.15, -0.1) is 0 Å². The number of hydrogen-bond donors (Lipinski definition) is 0. The van der Waals surface area contributed by atoms with Crippen LogP contribution in [-0.4, -0.2) is 60.5 Å². The molecule has 0 N–H and O–H groups in total. The number of carbonyl (C=O) groups excluding carboxylic acids is 1. The maximum Gasteiger partial charge on any atom is 0.255 e. The number of rotatable bonds is 4. The largest absolute Gasteiger partial charge is 0.478 e. The molecule has 0 spiro atoms. The van der Waals surface area contributed by atoms with Gasteiger partial charge >= 0.3 is 0 Å². The number of carbonyl (C=O) groups is 1. The lowest BCUT2D eigenvalue weighted by Crippen LogP contribution is -2.44. The van der Waals surface area contributed by atoms with Crippen LogP contribution in [0.2, 0.25) is 0 Å². The van der Waals surface area contributed by atoms with Crippen LogP contribution >= 0.6 is 0 Å². The highest BCUT2D eigenvalue weighted by Crippen LogP contribution is 2.17. The predicted molar refractivity (Wildman–Crippen MR) is 78.0 cm³/mol. The van der Waals surface area contributed by atoms with Crippen molar-refractivity contribution in [3.05, 3.63) is 23.9 Å². The Bertz CT molecular complexity index is 437. The smallest absolute Gasteiger partial charge is 0.255 e. The fraction of sp³-hybridized carbons (Fsp3) is 0.600. The third-order valence-electron chi connectivity index (χ3n) is 3.76. The highest BCUT2D eigenvalue weighted by molar-refractivity contribution is 5.94. The lowest BCUT2D eigenvalue weighted by Gasteiger charge is -2.35.